The molecule has 3 rings (SSSR count). The number of hydrogen-bond acceptors (Lipinski definition) is 6. The number of thiophene rings is 1. The van der Waals surface area contributed by atoms with E-state index in [-0.39, 0.29) is 36.0 Å². The molecule has 5 nitrogen and oxygen atoms in total. The Morgan fingerprint density at radius 3 is 2.78 bits per heavy atom. The third kappa shape index (κ3) is 4.24. The Bertz CT molecular complexity index is 786. The second-order valence-electron chi connectivity index (χ2n) is 4.43. The van der Waals surface area contributed by atoms with Gasteiger partial charge in [-0.15, -0.1) is 23.1 Å². The maximum atomic E-state index is 11.0. The summed E-state index contributed by atoms with van der Waals surface area (Å²) in [5, 5.41) is 11.9. The second kappa shape index (κ2) is 8.12. The number of pyridine rings is 1. The zero-order chi connectivity index (χ0) is 15.5. The summed E-state index contributed by atoms with van der Waals surface area (Å²) in [6.45, 7) is 0. The molecule has 0 bridgehead atoms. The normalized spacial score (nSPS) is 10.3. The van der Waals surface area contributed by atoms with Crippen molar-refractivity contribution in [1.82, 2.24) is 9.97 Å². The van der Waals surface area contributed by atoms with Crippen molar-refractivity contribution < 1.29 is 14.3 Å². The molecule has 0 aliphatic carbocycles. The summed E-state index contributed by atoms with van der Waals surface area (Å²) in [7, 11) is 0. The summed E-state index contributed by atoms with van der Waals surface area (Å²) in [6, 6.07) is 7.52. The minimum atomic E-state index is -0.937. The number of aromatic nitrogens is 2. The van der Waals surface area contributed by atoms with Crippen LogP contribution >= 0.6 is 23.1 Å². The molecule has 0 fully saturated rings. The first-order chi connectivity index (χ1) is 10.7. The number of carboxylic acid groups (broad SMARTS) is 1. The average Bonchev–Trinajstić information content (AvgIpc) is 3.16. The third-order valence-electron chi connectivity index (χ3n) is 2.95. The van der Waals surface area contributed by atoms with Crippen LogP contribution in [0.5, 0.6) is 0 Å². The van der Waals surface area contributed by atoms with E-state index < -0.39 is 5.97 Å². The number of nitrogens with zero attached hydrogens (tertiary/aromatic N) is 2. The van der Waals surface area contributed by atoms with Crippen LogP contribution in [0.1, 0.15) is 5.69 Å². The van der Waals surface area contributed by atoms with Crippen molar-refractivity contribution in [2.75, 3.05) is 6.26 Å². The summed E-state index contributed by atoms with van der Waals surface area (Å²) in [5.41, 5.74) is 1.16. The van der Waals surface area contributed by atoms with Crippen molar-refractivity contribution >= 4 is 58.6 Å². The molecule has 0 unspecified atom stereocenters. The topological polar surface area (TPSA) is 76.2 Å². The number of aliphatic carboxylic acids is 1. The number of rotatable bonds is 5. The molecule has 0 saturated carbocycles. The standard InChI is InChI=1S/C15H12N2O3S2.Na.H/c1-21-12-5-4-9(8-16-12)15-17-10(7-13(18)19)14(20-15)11-3-2-6-22-11;;/h2-6,8H,7H2,1H3,(H,18,19);;. The number of carbonyl (C=O) groups is 1. The van der Waals surface area contributed by atoms with Crippen molar-refractivity contribution in [2.24, 2.45) is 0 Å². The fourth-order valence-corrected chi connectivity index (χ4v) is 3.06. The molecule has 3 aromatic rings. The summed E-state index contributed by atoms with van der Waals surface area (Å²) in [5.74, 6) is -0.0327. The fourth-order valence-electron chi connectivity index (χ4n) is 1.97. The van der Waals surface area contributed by atoms with E-state index in [0.29, 0.717) is 17.3 Å². The van der Waals surface area contributed by atoms with Gasteiger partial charge in [0.05, 0.1) is 27.6 Å². The molecule has 0 saturated heterocycles. The van der Waals surface area contributed by atoms with Crippen molar-refractivity contribution in [3.05, 3.63) is 41.5 Å². The van der Waals surface area contributed by atoms with E-state index >= 15 is 0 Å². The molecule has 0 amide bonds. The molecule has 3 heterocycles. The number of carboxylic acids is 1. The zero-order valence-corrected chi connectivity index (χ0v) is 13.3. The summed E-state index contributed by atoms with van der Waals surface area (Å²) in [4.78, 5) is 20.5. The van der Waals surface area contributed by atoms with Crippen LogP contribution in [0.25, 0.3) is 22.1 Å². The molecule has 0 aromatic carbocycles. The molecule has 23 heavy (non-hydrogen) atoms. The molecule has 0 aliphatic rings. The molecule has 0 atom stereocenters. The Morgan fingerprint density at radius 1 is 1.39 bits per heavy atom. The van der Waals surface area contributed by atoms with E-state index in [1.165, 1.54) is 11.3 Å². The van der Waals surface area contributed by atoms with E-state index in [9.17, 15) is 4.79 Å². The Hall–Kier alpha value is -1.12. The first-order valence-corrected chi connectivity index (χ1v) is 8.53. The Kier molecular flexibility index (Phi) is 6.43. The van der Waals surface area contributed by atoms with Crippen LogP contribution in [0.2, 0.25) is 0 Å². The van der Waals surface area contributed by atoms with Gasteiger partial charge < -0.3 is 9.52 Å². The van der Waals surface area contributed by atoms with Gasteiger partial charge in [-0.05, 0) is 29.8 Å². The maximum absolute atomic E-state index is 11.0. The minimum absolute atomic E-state index is 0. The van der Waals surface area contributed by atoms with Gasteiger partial charge in [0.1, 0.15) is 0 Å². The zero-order valence-electron chi connectivity index (χ0n) is 11.6. The van der Waals surface area contributed by atoms with Gasteiger partial charge in [0.15, 0.2) is 5.76 Å². The van der Waals surface area contributed by atoms with Crippen LogP contribution in [0.3, 0.4) is 0 Å². The van der Waals surface area contributed by atoms with Crippen LogP contribution in [0.15, 0.2) is 45.3 Å². The van der Waals surface area contributed by atoms with Gasteiger partial charge in [-0.1, -0.05) is 6.07 Å². The van der Waals surface area contributed by atoms with E-state index in [4.69, 9.17) is 9.52 Å². The first kappa shape index (κ1) is 18.2. The second-order valence-corrected chi connectivity index (χ2v) is 6.21. The molecule has 0 spiro atoms. The van der Waals surface area contributed by atoms with Crippen molar-refractivity contribution in [3.63, 3.8) is 0 Å². The number of oxazole rings is 1. The van der Waals surface area contributed by atoms with Crippen molar-refractivity contribution in [3.8, 4) is 22.1 Å². The van der Waals surface area contributed by atoms with Crippen LogP contribution in [0.4, 0.5) is 0 Å². The summed E-state index contributed by atoms with van der Waals surface area (Å²) in [6.07, 6.45) is 3.46. The molecular formula is C15H13N2NaO3S2. The van der Waals surface area contributed by atoms with Gasteiger partial charge in [0.25, 0.3) is 0 Å². The molecule has 3 aromatic heterocycles. The van der Waals surface area contributed by atoms with Gasteiger partial charge >= 0.3 is 35.5 Å². The predicted octanol–water partition coefficient (Wildman–Crippen LogP) is 3.17. The Morgan fingerprint density at radius 2 is 2.22 bits per heavy atom. The van der Waals surface area contributed by atoms with Crippen LogP contribution in [-0.2, 0) is 11.2 Å². The quantitative estimate of drug-likeness (QED) is 0.559. The molecule has 8 heteroatoms. The molecule has 1 N–H and O–H groups in total. The van der Waals surface area contributed by atoms with Gasteiger partial charge in [-0.3, -0.25) is 4.79 Å². The monoisotopic (exact) mass is 356 g/mol. The van der Waals surface area contributed by atoms with Crippen LogP contribution in [0, 0.1) is 0 Å². The van der Waals surface area contributed by atoms with Gasteiger partial charge in [-0.25, -0.2) is 9.97 Å². The molecular weight excluding hydrogens is 343 g/mol. The predicted molar refractivity (Wildman–Crippen MR) is 93.3 cm³/mol. The van der Waals surface area contributed by atoms with Gasteiger partial charge in [-0.2, -0.15) is 0 Å². The molecule has 0 radical (unpaired) electrons. The third-order valence-corrected chi connectivity index (χ3v) is 4.48. The van der Waals surface area contributed by atoms with Gasteiger partial charge in [0, 0.05) is 6.20 Å². The van der Waals surface area contributed by atoms with Crippen LogP contribution in [-0.4, -0.2) is 56.9 Å². The first-order valence-electron chi connectivity index (χ1n) is 6.43. The van der Waals surface area contributed by atoms with Crippen molar-refractivity contribution in [2.45, 2.75) is 11.4 Å². The number of thioether (sulfide) groups is 1. The average molecular weight is 356 g/mol. The van der Waals surface area contributed by atoms with E-state index in [2.05, 4.69) is 9.97 Å². The number of hydrogen-bond donors (Lipinski definition) is 1. The Balaban J connectivity index is 0.00000192. The summed E-state index contributed by atoms with van der Waals surface area (Å²) >= 11 is 3.04. The SMILES string of the molecule is CSc1ccc(-c2nc(CC(=O)O)c(-c3cccs3)o2)cn1.[NaH]. The summed E-state index contributed by atoms with van der Waals surface area (Å²) < 4.78 is 5.81. The van der Waals surface area contributed by atoms with E-state index in [1.807, 2.05) is 35.9 Å². The van der Waals surface area contributed by atoms with E-state index in [0.717, 1.165) is 15.5 Å². The van der Waals surface area contributed by atoms with Gasteiger partial charge in [0.2, 0.25) is 5.89 Å². The molecule has 114 valence electrons. The fraction of sp³-hybridized carbons (Fsp3) is 0.133. The Labute approximate surface area is 163 Å². The van der Waals surface area contributed by atoms with Crippen molar-refractivity contribution in [1.29, 1.82) is 0 Å². The van der Waals surface area contributed by atoms with E-state index in [1.54, 1.807) is 18.0 Å². The van der Waals surface area contributed by atoms with Crippen LogP contribution < -0.4 is 0 Å². The molecule has 0 aliphatic heterocycles.